The monoisotopic (exact) mass is 399 g/mol. The summed E-state index contributed by atoms with van der Waals surface area (Å²) >= 11 is 5.08. The first-order chi connectivity index (χ1) is 13.4. The van der Waals surface area contributed by atoms with Gasteiger partial charge in [-0.15, -0.1) is 5.10 Å². The van der Waals surface area contributed by atoms with Gasteiger partial charge in [0.15, 0.2) is 6.61 Å². The summed E-state index contributed by atoms with van der Waals surface area (Å²) in [4.78, 5) is 23.2. The number of carbonyl (C=O) groups excluding carboxylic acids is 1. The Bertz CT molecular complexity index is 1060. The van der Waals surface area contributed by atoms with Gasteiger partial charge in [0, 0.05) is 5.69 Å². The zero-order chi connectivity index (χ0) is 20.1. The van der Waals surface area contributed by atoms with Gasteiger partial charge < -0.3 is 19.6 Å². The summed E-state index contributed by atoms with van der Waals surface area (Å²) in [6.07, 6.45) is 0. The average Bonchev–Trinajstić information content (AvgIpc) is 3.00. The molecule has 0 unspecified atom stereocenters. The summed E-state index contributed by atoms with van der Waals surface area (Å²) in [5.74, 6) is -0.588. The van der Waals surface area contributed by atoms with E-state index in [1.807, 2.05) is 31.2 Å². The Morgan fingerprint density at radius 1 is 1.25 bits per heavy atom. The van der Waals surface area contributed by atoms with Crippen LogP contribution < -0.4 is 10.1 Å². The molecule has 0 aliphatic heterocycles. The van der Waals surface area contributed by atoms with E-state index in [0.717, 1.165) is 5.56 Å². The van der Waals surface area contributed by atoms with Crippen molar-refractivity contribution in [1.82, 2.24) is 9.78 Å². The van der Waals surface area contributed by atoms with Crippen LogP contribution in [0.2, 0.25) is 0 Å². The third-order valence-electron chi connectivity index (χ3n) is 3.72. The van der Waals surface area contributed by atoms with Crippen molar-refractivity contribution >= 4 is 29.8 Å². The van der Waals surface area contributed by atoms with Crippen LogP contribution in [0.25, 0.3) is 0 Å². The molecule has 2 aromatic carbocycles. The zero-order valence-corrected chi connectivity index (χ0v) is 15.7. The minimum absolute atomic E-state index is 0.0388. The van der Waals surface area contributed by atoms with E-state index in [1.165, 1.54) is 16.8 Å². The van der Waals surface area contributed by atoms with Crippen LogP contribution in [0.5, 0.6) is 5.75 Å². The van der Waals surface area contributed by atoms with Gasteiger partial charge in [-0.3, -0.25) is 4.79 Å². The second-order valence-corrected chi connectivity index (χ2v) is 6.30. The summed E-state index contributed by atoms with van der Waals surface area (Å²) in [5.41, 5.74) is 1.56. The Morgan fingerprint density at radius 2 is 2.00 bits per heavy atom. The summed E-state index contributed by atoms with van der Waals surface area (Å²) in [6, 6.07) is 13.4. The van der Waals surface area contributed by atoms with E-state index < -0.39 is 11.9 Å². The molecule has 0 radical (unpaired) electrons. The Balaban J connectivity index is 1.60. The maximum Gasteiger partial charge on any atom is 0.335 e. The number of hydrogen-bond donors (Lipinski definition) is 2. The molecule has 2 N–H and O–H groups in total. The first kappa shape index (κ1) is 19.3. The number of nitrogens with zero attached hydrogens (tertiary/aromatic N) is 2. The molecule has 3 aromatic rings. The van der Waals surface area contributed by atoms with Gasteiger partial charge >= 0.3 is 5.97 Å². The molecule has 1 amide bonds. The fourth-order valence-corrected chi connectivity index (χ4v) is 2.56. The highest BCUT2D eigenvalue weighted by atomic mass is 32.1. The maximum atomic E-state index is 12.2. The first-order valence-electron chi connectivity index (χ1n) is 8.30. The van der Waals surface area contributed by atoms with Crippen molar-refractivity contribution < 1.29 is 23.8 Å². The van der Waals surface area contributed by atoms with Crippen molar-refractivity contribution in [2.24, 2.45) is 0 Å². The predicted molar refractivity (Wildman–Crippen MR) is 103 cm³/mol. The lowest BCUT2D eigenvalue weighted by molar-refractivity contribution is -0.117. The Kier molecular flexibility index (Phi) is 5.85. The van der Waals surface area contributed by atoms with Gasteiger partial charge in [0.1, 0.15) is 12.3 Å². The van der Waals surface area contributed by atoms with Crippen molar-refractivity contribution in [3.05, 3.63) is 70.4 Å². The van der Waals surface area contributed by atoms with Gasteiger partial charge in [0.05, 0.1) is 5.56 Å². The number of carbonyl (C=O) groups is 2. The molecule has 0 bridgehead atoms. The van der Waals surface area contributed by atoms with E-state index in [2.05, 4.69) is 10.4 Å². The molecule has 0 saturated carbocycles. The molecule has 0 spiro atoms. The van der Waals surface area contributed by atoms with Crippen LogP contribution >= 0.6 is 12.2 Å². The third kappa shape index (κ3) is 5.04. The van der Waals surface area contributed by atoms with E-state index in [0.29, 0.717) is 11.4 Å². The highest BCUT2D eigenvalue weighted by Crippen LogP contribution is 2.14. The van der Waals surface area contributed by atoms with Gasteiger partial charge in [-0.1, -0.05) is 23.8 Å². The van der Waals surface area contributed by atoms with Crippen LogP contribution in [0.3, 0.4) is 0 Å². The number of rotatable bonds is 7. The molecule has 0 fully saturated rings. The molecule has 0 saturated heterocycles. The summed E-state index contributed by atoms with van der Waals surface area (Å²) < 4.78 is 12.2. The highest BCUT2D eigenvalue weighted by molar-refractivity contribution is 7.71. The molecular weight excluding hydrogens is 382 g/mol. The topological polar surface area (TPSA) is 107 Å². The predicted octanol–water partition coefficient (Wildman–Crippen LogP) is 3.43. The van der Waals surface area contributed by atoms with Gasteiger partial charge in [0.2, 0.25) is 5.91 Å². The van der Waals surface area contributed by atoms with Crippen molar-refractivity contribution in [1.29, 1.82) is 0 Å². The Hall–Kier alpha value is -3.46. The number of anilines is 1. The number of carboxylic acid groups (broad SMARTS) is 1. The van der Waals surface area contributed by atoms with E-state index in [1.54, 1.807) is 12.1 Å². The largest absolute Gasteiger partial charge is 0.484 e. The van der Waals surface area contributed by atoms with Crippen LogP contribution in [-0.4, -0.2) is 26.8 Å². The smallest absolute Gasteiger partial charge is 0.335 e. The molecule has 1 aromatic heterocycles. The van der Waals surface area contributed by atoms with Gasteiger partial charge in [-0.05, 0) is 49.5 Å². The number of hydrogen-bond acceptors (Lipinski definition) is 6. The lowest BCUT2D eigenvalue weighted by atomic mass is 10.2. The van der Waals surface area contributed by atoms with Crippen molar-refractivity contribution in [2.75, 3.05) is 5.32 Å². The second-order valence-electron chi connectivity index (χ2n) is 5.96. The van der Waals surface area contributed by atoms with Crippen molar-refractivity contribution in [3.8, 4) is 5.75 Å². The highest BCUT2D eigenvalue weighted by Gasteiger charge is 2.12. The molecule has 3 rings (SSSR count). The van der Waals surface area contributed by atoms with Gasteiger partial charge in [0.25, 0.3) is 10.7 Å². The van der Waals surface area contributed by atoms with E-state index in [9.17, 15) is 9.59 Å². The lowest BCUT2D eigenvalue weighted by Crippen LogP contribution is -2.20. The van der Waals surface area contributed by atoms with Crippen LogP contribution in [0, 0.1) is 11.8 Å². The van der Waals surface area contributed by atoms with E-state index in [4.69, 9.17) is 26.5 Å². The standard InChI is InChI=1S/C19H17N3O5S/c1-12-5-7-15(8-6-12)26-11-17-21-22(19(28)27-17)10-16(23)20-14-4-2-3-13(9-14)18(24)25/h2-9H,10-11H2,1H3,(H,20,23)(H,24,25). The Labute approximate surface area is 165 Å². The van der Waals surface area contributed by atoms with Crippen molar-refractivity contribution in [3.63, 3.8) is 0 Å². The lowest BCUT2D eigenvalue weighted by Gasteiger charge is -2.05. The molecule has 28 heavy (non-hydrogen) atoms. The number of benzene rings is 2. The van der Waals surface area contributed by atoms with Crippen LogP contribution in [-0.2, 0) is 17.9 Å². The molecule has 8 nitrogen and oxygen atoms in total. The minimum atomic E-state index is -1.08. The van der Waals surface area contributed by atoms with Crippen LogP contribution in [0.4, 0.5) is 5.69 Å². The van der Waals surface area contributed by atoms with Gasteiger partial charge in [-0.2, -0.15) is 0 Å². The summed E-state index contributed by atoms with van der Waals surface area (Å²) in [7, 11) is 0. The van der Waals surface area contributed by atoms with Crippen LogP contribution in [0.15, 0.2) is 52.9 Å². The number of ether oxygens (including phenoxy) is 1. The number of aromatic nitrogens is 2. The van der Waals surface area contributed by atoms with Crippen molar-refractivity contribution in [2.45, 2.75) is 20.1 Å². The fraction of sp³-hybridized carbons (Fsp3) is 0.158. The van der Waals surface area contributed by atoms with E-state index >= 15 is 0 Å². The minimum Gasteiger partial charge on any atom is -0.484 e. The van der Waals surface area contributed by atoms with Gasteiger partial charge in [-0.25, -0.2) is 9.48 Å². The molecule has 0 atom stereocenters. The molecule has 9 heteroatoms. The molecule has 0 aliphatic rings. The third-order valence-corrected chi connectivity index (χ3v) is 4.01. The maximum absolute atomic E-state index is 12.2. The molecule has 1 heterocycles. The number of aryl methyl sites for hydroxylation is 1. The molecular formula is C19H17N3O5S. The number of carboxylic acids is 1. The molecule has 144 valence electrons. The summed E-state index contributed by atoms with van der Waals surface area (Å²) in [5, 5.41) is 15.7. The first-order valence-corrected chi connectivity index (χ1v) is 8.71. The molecule has 0 aliphatic carbocycles. The van der Waals surface area contributed by atoms with E-state index in [-0.39, 0.29) is 29.4 Å². The normalized spacial score (nSPS) is 10.5. The zero-order valence-electron chi connectivity index (χ0n) is 14.9. The fourth-order valence-electron chi connectivity index (χ4n) is 2.35. The number of aromatic carboxylic acids is 1. The van der Waals surface area contributed by atoms with Crippen LogP contribution in [0.1, 0.15) is 21.8 Å². The Morgan fingerprint density at radius 3 is 2.71 bits per heavy atom. The second kappa shape index (κ2) is 8.49. The number of amides is 1. The SMILES string of the molecule is Cc1ccc(OCc2nn(CC(=O)Nc3cccc(C(=O)O)c3)c(=S)o2)cc1. The summed E-state index contributed by atoms with van der Waals surface area (Å²) in [6.45, 7) is 1.87. The number of nitrogens with one attached hydrogen (secondary N) is 1. The quantitative estimate of drug-likeness (QED) is 0.586. The average molecular weight is 399 g/mol.